The van der Waals surface area contributed by atoms with Gasteiger partial charge in [0.05, 0.1) is 6.04 Å². The van der Waals surface area contributed by atoms with E-state index >= 15 is 0 Å². The second kappa shape index (κ2) is 7.64. The van der Waals surface area contributed by atoms with Crippen LogP contribution in [0.2, 0.25) is 0 Å². The molecule has 6 heteroatoms. The molecule has 2 aliphatic rings. The van der Waals surface area contributed by atoms with Gasteiger partial charge in [0.2, 0.25) is 5.91 Å². The first kappa shape index (κ1) is 16.1. The number of hydrogen-bond acceptors (Lipinski definition) is 4. The SMILES string of the molecule is CC(C(N)=NO)N1CCN(C(=O)CC2CCCCC2)CC1. The molecule has 0 bridgehead atoms. The summed E-state index contributed by atoms with van der Waals surface area (Å²) in [7, 11) is 0. The summed E-state index contributed by atoms with van der Waals surface area (Å²) in [5, 5.41) is 11.8. The van der Waals surface area contributed by atoms with Gasteiger partial charge in [-0.25, -0.2) is 0 Å². The van der Waals surface area contributed by atoms with Crippen LogP contribution in [-0.2, 0) is 4.79 Å². The van der Waals surface area contributed by atoms with E-state index in [1.54, 1.807) is 0 Å². The lowest BCUT2D eigenvalue weighted by atomic mass is 9.86. The highest BCUT2D eigenvalue weighted by Gasteiger charge is 2.27. The largest absolute Gasteiger partial charge is 0.409 e. The molecule has 1 aliphatic carbocycles. The summed E-state index contributed by atoms with van der Waals surface area (Å²) in [6, 6.07) is -0.0782. The standard InChI is InChI=1S/C15H28N4O2/c1-12(15(16)17-21)18-7-9-19(10-8-18)14(20)11-13-5-3-2-4-6-13/h12-13,21H,2-11H2,1H3,(H2,16,17). The van der Waals surface area contributed by atoms with Gasteiger partial charge >= 0.3 is 0 Å². The van der Waals surface area contributed by atoms with Gasteiger partial charge in [0.15, 0.2) is 5.84 Å². The van der Waals surface area contributed by atoms with Crippen molar-refractivity contribution in [2.24, 2.45) is 16.8 Å². The Kier molecular flexibility index (Phi) is 5.85. The molecule has 0 aromatic heterocycles. The number of amides is 1. The molecule has 21 heavy (non-hydrogen) atoms. The molecule has 0 spiro atoms. The van der Waals surface area contributed by atoms with E-state index in [1.165, 1.54) is 32.1 Å². The van der Waals surface area contributed by atoms with E-state index in [1.807, 2.05) is 11.8 Å². The molecule has 6 nitrogen and oxygen atoms in total. The third kappa shape index (κ3) is 4.33. The molecular formula is C15H28N4O2. The van der Waals surface area contributed by atoms with E-state index in [0.717, 1.165) is 32.6 Å². The van der Waals surface area contributed by atoms with Crippen molar-refractivity contribution in [3.8, 4) is 0 Å². The van der Waals surface area contributed by atoms with Crippen molar-refractivity contribution >= 4 is 11.7 Å². The highest BCUT2D eigenvalue weighted by atomic mass is 16.4. The summed E-state index contributed by atoms with van der Waals surface area (Å²) in [4.78, 5) is 16.5. The summed E-state index contributed by atoms with van der Waals surface area (Å²) in [5.41, 5.74) is 5.64. The smallest absolute Gasteiger partial charge is 0.222 e. The zero-order valence-corrected chi connectivity index (χ0v) is 13.0. The Bertz CT molecular complexity index is 372. The van der Waals surface area contributed by atoms with Crippen LogP contribution in [0.4, 0.5) is 0 Å². The molecule has 1 atom stereocenters. The molecule has 1 saturated carbocycles. The van der Waals surface area contributed by atoms with Crippen LogP contribution in [0.1, 0.15) is 45.4 Å². The fourth-order valence-corrected chi connectivity index (χ4v) is 3.40. The predicted octanol–water partition coefficient (Wildman–Crippen LogP) is 1.24. The molecule has 2 fully saturated rings. The maximum atomic E-state index is 12.4. The van der Waals surface area contributed by atoms with Crippen molar-refractivity contribution in [1.29, 1.82) is 0 Å². The second-order valence-electron chi connectivity index (χ2n) is 6.33. The molecular weight excluding hydrogens is 268 g/mol. The number of piperazine rings is 1. The van der Waals surface area contributed by atoms with Gasteiger partial charge in [-0.05, 0) is 25.7 Å². The normalized spacial score (nSPS) is 24.0. The van der Waals surface area contributed by atoms with Gasteiger partial charge in [-0.2, -0.15) is 0 Å². The molecule has 1 amide bonds. The molecule has 1 saturated heterocycles. The first-order valence-corrected chi connectivity index (χ1v) is 8.11. The van der Waals surface area contributed by atoms with Crippen LogP contribution >= 0.6 is 0 Å². The zero-order valence-electron chi connectivity index (χ0n) is 13.0. The van der Waals surface area contributed by atoms with Gasteiger partial charge in [-0.1, -0.05) is 24.4 Å². The number of nitrogens with two attached hydrogens (primary N) is 1. The maximum Gasteiger partial charge on any atom is 0.222 e. The van der Waals surface area contributed by atoms with E-state index in [2.05, 4.69) is 10.1 Å². The lowest BCUT2D eigenvalue weighted by Gasteiger charge is -2.38. The van der Waals surface area contributed by atoms with E-state index < -0.39 is 0 Å². The molecule has 0 aromatic rings. The average molecular weight is 296 g/mol. The Balaban J connectivity index is 1.76. The van der Waals surface area contributed by atoms with Gasteiger partial charge in [-0.3, -0.25) is 9.69 Å². The second-order valence-corrected chi connectivity index (χ2v) is 6.33. The molecule has 2 rings (SSSR count). The van der Waals surface area contributed by atoms with E-state index in [4.69, 9.17) is 10.9 Å². The van der Waals surface area contributed by atoms with Crippen LogP contribution in [0.15, 0.2) is 5.16 Å². The Morgan fingerprint density at radius 2 is 1.86 bits per heavy atom. The number of carbonyl (C=O) groups is 1. The predicted molar refractivity (Wildman–Crippen MR) is 82.2 cm³/mol. The van der Waals surface area contributed by atoms with Crippen molar-refractivity contribution in [3.63, 3.8) is 0 Å². The minimum atomic E-state index is -0.0782. The number of rotatable bonds is 4. The Morgan fingerprint density at radius 1 is 1.24 bits per heavy atom. The molecule has 3 N–H and O–H groups in total. The van der Waals surface area contributed by atoms with Crippen LogP contribution in [-0.4, -0.2) is 59.0 Å². The van der Waals surface area contributed by atoms with E-state index in [9.17, 15) is 4.79 Å². The number of amidine groups is 1. The molecule has 0 radical (unpaired) electrons. The molecule has 1 unspecified atom stereocenters. The molecule has 1 aliphatic heterocycles. The fraction of sp³-hybridized carbons (Fsp3) is 0.867. The Hall–Kier alpha value is -1.30. The highest BCUT2D eigenvalue weighted by molar-refractivity contribution is 5.84. The Morgan fingerprint density at radius 3 is 2.43 bits per heavy atom. The van der Waals surface area contributed by atoms with Gasteiger partial charge in [0.1, 0.15) is 0 Å². The van der Waals surface area contributed by atoms with Crippen molar-refractivity contribution in [2.45, 2.75) is 51.5 Å². The van der Waals surface area contributed by atoms with Crippen LogP contribution in [0.25, 0.3) is 0 Å². The summed E-state index contributed by atoms with van der Waals surface area (Å²) >= 11 is 0. The maximum absolute atomic E-state index is 12.4. The van der Waals surface area contributed by atoms with Gasteiger partial charge < -0.3 is 15.8 Å². The lowest BCUT2D eigenvalue weighted by molar-refractivity contribution is -0.134. The van der Waals surface area contributed by atoms with Gasteiger partial charge in [0.25, 0.3) is 0 Å². The topological polar surface area (TPSA) is 82.2 Å². The fourth-order valence-electron chi connectivity index (χ4n) is 3.40. The number of hydrogen-bond donors (Lipinski definition) is 2. The lowest BCUT2D eigenvalue weighted by Crippen LogP contribution is -2.54. The summed E-state index contributed by atoms with van der Waals surface area (Å²) in [6.45, 7) is 4.99. The van der Waals surface area contributed by atoms with E-state index in [-0.39, 0.29) is 11.9 Å². The number of carbonyl (C=O) groups excluding carboxylic acids is 1. The quantitative estimate of drug-likeness (QED) is 0.354. The van der Waals surface area contributed by atoms with Crippen molar-refractivity contribution in [1.82, 2.24) is 9.80 Å². The first-order valence-electron chi connectivity index (χ1n) is 8.11. The summed E-state index contributed by atoms with van der Waals surface area (Å²) in [6.07, 6.45) is 7.04. The highest BCUT2D eigenvalue weighted by Crippen LogP contribution is 2.27. The minimum Gasteiger partial charge on any atom is -0.409 e. The number of nitrogens with zero attached hydrogens (tertiary/aromatic N) is 3. The van der Waals surface area contributed by atoms with Gasteiger partial charge in [0, 0.05) is 32.6 Å². The van der Waals surface area contributed by atoms with E-state index in [0.29, 0.717) is 11.8 Å². The van der Waals surface area contributed by atoms with Gasteiger partial charge in [-0.15, -0.1) is 0 Å². The van der Waals surface area contributed by atoms with Crippen LogP contribution in [0.5, 0.6) is 0 Å². The average Bonchev–Trinajstić information content (AvgIpc) is 2.54. The minimum absolute atomic E-state index is 0.0782. The Labute approximate surface area is 127 Å². The number of oxime groups is 1. The van der Waals surface area contributed by atoms with Crippen LogP contribution in [0, 0.1) is 5.92 Å². The first-order chi connectivity index (χ1) is 10.1. The third-order valence-corrected chi connectivity index (χ3v) is 4.95. The van der Waals surface area contributed by atoms with Crippen molar-refractivity contribution in [3.05, 3.63) is 0 Å². The van der Waals surface area contributed by atoms with Crippen LogP contribution in [0.3, 0.4) is 0 Å². The zero-order chi connectivity index (χ0) is 15.2. The summed E-state index contributed by atoms with van der Waals surface area (Å²) < 4.78 is 0. The van der Waals surface area contributed by atoms with Crippen LogP contribution < -0.4 is 5.73 Å². The molecule has 0 aromatic carbocycles. The summed E-state index contributed by atoms with van der Waals surface area (Å²) in [5.74, 6) is 1.13. The van der Waals surface area contributed by atoms with Crippen molar-refractivity contribution < 1.29 is 10.0 Å². The van der Waals surface area contributed by atoms with Crippen molar-refractivity contribution in [2.75, 3.05) is 26.2 Å². The molecule has 1 heterocycles. The molecule has 120 valence electrons. The third-order valence-electron chi connectivity index (χ3n) is 4.95. The monoisotopic (exact) mass is 296 g/mol.